The average Bonchev–Trinajstić information content (AvgIpc) is 3.58. The van der Waals surface area contributed by atoms with E-state index in [1.807, 2.05) is 12.1 Å². The molecule has 6 rings (SSSR count). The number of pyridine rings is 1. The Hall–Kier alpha value is -3.87. The number of hydrogen-bond acceptors (Lipinski definition) is 5. The number of imidazole rings is 1. The minimum atomic E-state index is 0.261. The van der Waals surface area contributed by atoms with Crippen LogP contribution in [-0.4, -0.2) is 35.2 Å². The Kier molecular flexibility index (Phi) is 4.98. The molecule has 0 fully saturated rings. The van der Waals surface area contributed by atoms with E-state index >= 15 is 0 Å². The Bertz CT molecular complexity index is 1500. The third kappa shape index (κ3) is 3.31. The second kappa shape index (κ2) is 8.17. The van der Waals surface area contributed by atoms with Crippen molar-refractivity contribution in [3.8, 4) is 22.5 Å². The standard InChI is InChI=1S/C27H27N7/c1-4-7-24-29-25-16(2)14-17(3)28-27(25)34(24)23-13-11-19-15-18(10-12-21(19)23)20-8-5-6-9-22(20)26-30-32-33-31-26/h5-6,8-10,12,14-15,23H,4,7,11,13H2,1-3H3,(H,30,31,32,33)/t23-/m0/s1. The van der Waals surface area contributed by atoms with Crippen LogP contribution in [0.1, 0.15) is 54.0 Å². The Morgan fingerprint density at radius 1 is 1.03 bits per heavy atom. The van der Waals surface area contributed by atoms with Gasteiger partial charge in [0.15, 0.2) is 5.65 Å². The third-order valence-corrected chi connectivity index (χ3v) is 6.84. The lowest BCUT2D eigenvalue weighted by Gasteiger charge is -2.18. The van der Waals surface area contributed by atoms with E-state index in [1.54, 1.807) is 0 Å². The molecule has 5 aromatic rings. The molecule has 0 spiro atoms. The number of aromatic nitrogens is 7. The molecule has 1 aliphatic rings. The second-order valence-corrected chi connectivity index (χ2v) is 9.15. The molecule has 7 nitrogen and oxygen atoms in total. The monoisotopic (exact) mass is 449 g/mol. The van der Waals surface area contributed by atoms with Crippen LogP contribution in [0.2, 0.25) is 0 Å². The van der Waals surface area contributed by atoms with Crippen molar-refractivity contribution in [2.75, 3.05) is 0 Å². The molecule has 1 atom stereocenters. The molecule has 0 aliphatic heterocycles. The number of rotatable bonds is 5. The van der Waals surface area contributed by atoms with Crippen LogP contribution in [0.15, 0.2) is 48.5 Å². The van der Waals surface area contributed by atoms with E-state index < -0.39 is 0 Å². The van der Waals surface area contributed by atoms with E-state index in [2.05, 4.69) is 82.4 Å². The minimum absolute atomic E-state index is 0.261. The molecule has 2 aromatic carbocycles. The number of nitrogens with one attached hydrogen (secondary N) is 1. The van der Waals surface area contributed by atoms with Crippen LogP contribution in [0.5, 0.6) is 0 Å². The van der Waals surface area contributed by atoms with Crippen LogP contribution >= 0.6 is 0 Å². The largest absolute Gasteiger partial charge is 0.305 e. The van der Waals surface area contributed by atoms with Crippen molar-refractivity contribution in [3.63, 3.8) is 0 Å². The van der Waals surface area contributed by atoms with Gasteiger partial charge < -0.3 is 4.57 Å². The molecule has 0 radical (unpaired) electrons. The quantitative estimate of drug-likeness (QED) is 0.389. The summed E-state index contributed by atoms with van der Waals surface area (Å²) < 4.78 is 2.41. The number of hydrogen-bond donors (Lipinski definition) is 1. The summed E-state index contributed by atoms with van der Waals surface area (Å²) in [6.45, 7) is 6.42. The van der Waals surface area contributed by atoms with Gasteiger partial charge in [0.05, 0.1) is 6.04 Å². The highest BCUT2D eigenvalue weighted by Gasteiger charge is 2.29. The maximum atomic E-state index is 5.04. The maximum absolute atomic E-state index is 5.04. The molecule has 0 saturated heterocycles. The first-order valence-electron chi connectivity index (χ1n) is 11.9. The highest BCUT2D eigenvalue weighted by Crippen LogP contribution is 2.40. The number of fused-ring (bicyclic) bond motifs is 2. The SMILES string of the molecule is CCCc1nc2c(C)cc(C)nc2n1[C@H]1CCc2cc(-c3ccccc3-c3nn[nH]n3)ccc21. The highest BCUT2D eigenvalue weighted by molar-refractivity contribution is 5.81. The van der Waals surface area contributed by atoms with Gasteiger partial charge in [0.25, 0.3) is 0 Å². The predicted molar refractivity (Wildman–Crippen MR) is 133 cm³/mol. The minimum Gasteiger partial charge on any atom is -0.305 e. The van der Waals surface area contributed by atoms with Crippen LogP contribution in [-0.2, 0) is 12.8 Å². The molecule has 170 valence electrons. The molecular formula is C27H27N7. The van der Waals surface area contributed by atoms with Crippen LogP contribution in [0.4, 0.5) is 0 Å². The Labute approximate surface area is 198 Å². The Morgan fingerprint density at radius 3 is 2.68 bits per heavy atom. The fourth-order valence-electron chi connectivity index (χ4n) is 5.39. The van der Waals surface area contributed by atoms with Crippen molar-refractivity contribution in [1.29, 1.82) is 0 Å². The molecule has 0 saturated carbocycles. The molecular weight excluding hydrogens is 422 g/mol. The second-order valence-electron chi connectivity index (χ2n) is 9.15. The summed E-state index contributed by atoms with van der Waals surface area (Å²) in [5.74, 6) is 1.75. The van der Waals surface area contributed by atoms with Gasteiger partial charge in [0, 0.05) is 17.7 Å². The number of tetrazole rings is 1. The van der Waals surface area contributed by atoms with Gasteiger partial charge in [-0.1, -0.05) is 49.4 Å². The zero-order valence-electron chi connectivity index (χ0n) is 19.7. The van der Waals surface area contributed by atoms with Gasteiger partial charge in [-0.15, -0.1) is 10.2 Å². The van der Waals surface area contributed by atoms with Gasteiger partial charge in [-0.3, -0.25) is 0 Å². The van der Waals surface area contributed by atoms with Crippen molar-refractivity contribution in [1.82, 2.24) is 35.2 Å². The fourth-order valence-corrected chi connectivity index (χ4v) is 5.39. The summed E-state index contributed by atoms with van der Waals surface area (Å²) in [7, 11) is 0. The zero-order valence-corrected chi connectivity index (χ0v) is 19.7. The predicted octanol–water partition coefficient (Wildman–Crippen LogP) is 5.38. The van der Waals surface area contributed by atoms with Gasteiger partial charge in [-0.25, -0.2) is 9.97 Å². The summed E-state index contributed by atoms with van der Waals surface area (Å²) >= 11 is 0. The van der Waals surface area contributed by atoms with Crippen molar-refractivity contribution < 1.29 is 0 Å². The van der Waals surface area contributed by atoms with Gasteiger partial charge in [-0.05, 0) is 72.2 Å². The van der Waals surface area contributed by atoms with E-state index in [1.165, 1.54) is 22.3 Å². The van der Waals surface area contributed by atoms with Crippen LogP contribution in [0, 0.1) is 13.8 Å². The third-order valence-electron chi connectivity index (χ3n) is 6.84. The van der Waals surface area contributed by atoms with Crippen molar-refractivity contribution in [2.24, 2.45) is 0 Å². The van der Waals surface area contributed by atoms with Crippen LogP contribution < -0.4 is 0 Å². The Morgan fingerprint density at radius 2 is 1.88 bits per heavy atom. The number of aryl methyl sites for hydroxylation is 4. The van der Waals surface area contributed by atoms with E-state index in [0.717, 1.165) is 59.5 Å². The summed E-state index contributed by atoms with van der Waals surface area (Å²) in [4.78, 5) is 9.98. The van der Waals surface area contributed by atoms with E-state index in [-0.39, 0.29) is 6.04 Å². The normalized spacial score (nSPS) is 15.2. The smallest absolute Gasteiger partial charge is 0.205 e. The van der Waals surface area contributed by atoms with E-state index in [9.17, 15) is 0 Å². The molecule has 7 heteroatoms. The van der Waals surface area contributed by atoms with E-state index in [4.69, 9.17) is 9.97 Å². The molecule has 34 heavy (non-hydrogen) atoms. The molecule has 0 amide bonds. The maximum Gasteiger partial charge on any atom is 0.205 e. The molecule has 1 N–H and O–H groups in total. The number of aromatic amines is 1. The summed E-state index contributed by atoms with van der Waals surface area (Å²) in [6, 6.07) is 17.5. The van der Waals surface area contributed by atoms with Crippen molar-refractivity contribution in [3.05, 3.63) is 76.7 Å². The first kappa shape index (κ1) is 20.7. The van der Waals surface area contributed by atoms with Gasteiger partial charge >= 0.3 is 0 Å². The molecule has 3 aromatic heterocycles. The number of benzene rings is 2. The summed E-state index contributed by atoms with van der Waals surface area (Å²) in [6.07, 6.45) is 4.11. The van der Waals surface area contributed by atoms with Crippen molar-refractivity contribution in [2.45, 2.75) is 52.5 Å². The lowest BCUT2D eigenvalue weighted by Crippen LogP contribution is -2.12. The van der Waals surface area contributed by atoms with Gasteiger partial charge in [-0.2, -0.15) is 5.21 Å². The topological polar surface area (TPSA) is 85.2 Å². The zero-order chi connectivity index (χ0) is 23.2. The first-order valence-corrected chi connectivity index (χ1v) is 11.9. The fraction of sp³-hybridized carbons (Fsp3) is 0.296. The molecule has 0 unspecified atom stereocenters. The number of H-pyrrole nitrogens is 1. The van der Waals surface area contributed by atoms with E-state index in [0.29, 0.717) is 5.82 Å². The van der Waals surface area contributed by atoms with Crippen molar-refractivity contribution >= 4 is 11.2 Å². The molecule has 0 bridgehead atoms. The average molecular weight is 450 g/mol. The van der Waals surface area contributed by atoms with Gasteiger partial charge in [0.2, 0.25) is 5.82 Å². The van der Waals surface area contributed by atoms with Crippen LogP contribution in [0.3, 0.4) is 0 Å². The summed E-state index contributed by atoms with van der Waals surface area (Å²) in [5, 5.41) is 14.7. The first-order chi connectivity index (χ1) is 16.6. The lowest BCUT2D eigenvalue weighted by molar-refractivity contribution is 0.560. The number of nitrogens with zero attached hydrogens (tertiary/aromatic N) is 6. The highest BCUT2D eigenvalue weighted by atomic mass is 15.5. The lowest BCUT2D eigenvalue weighted by atomic mass is 9.96. The van der Waals surface area contributed by atoms with Gasteiger partial charge in [0.1, 0.15) is 11.3 Å². The van der Waals surface area contributed by atoms with Crippen LogP contribution in [0.25, 0.3) is 33.7 Å². The molecule has 3 heterocycles. The molecule has 1 aliphatic carbocycles. The Balaban J connectivity index is 1.46. The summed E-state index contributed by atoms with van der Waals surface area (Å²) in [5.41, 5.74) is 10.3.